The van der Waals surface area contributed by atoms with Crippen LogP contribution in [0.15, 0.2) is 24.3 Å². The Morgan fingerprint density at radius 2 is 2.11 bits per heavy atom. The lowest BCUT2D eigenvalue weighted by atomic mass is 10.1. The van der Waals surface area contributed by atoms with Crippen LogP contribution in [0.5, 0.6) is 0 Å². The third kappa shape index (κ3) is 2.26. The monoisotopic (exact) mass is 263 g/mol. The summed E-state index contributed by atoms with van der Waals surface area (Å²) < 4.78 is 1.14. The van der Waals surface area contributed by atoms with Crippen molar-refractivity contribution in [1.82, 2.24) is 4.90 Å². The van der Waals surface area contributed by atoms with E-state index in [4.69, 9.17) is 5.11 Å². The van der Waals surface area contributed by atoms with Crippen LogP contribution in [0, 0.1) is 6.92 Å². The van der Waals surface area contributed by atoms with Gasteiger partial charge in [0.2, 0.25) is 0 Å². The minimum atomic E-state index is 0.00349. The van der Waals surface area contributed by atoms with Gasteiger partial charge in [0, 0.05) is 17.8 Å². The standard InChI is InChI=1S/C14H17NO2S/c1-3-15(8-9-16)14(17)13-10(2)11-6-4-5-7-12(11)18-13/h4-7,16H,3,8-9H2,1-2H3. The zero-order valence-electron chi connectivity index (χ0n) is 10.6. The SMILES string of the molecule is CCN(CCO)C(=O)c1sc2ccccc2c1C. The Balaban J connectivity index is 2.41. The fraction of sp³-hybridized carbons (Fsp3) is 0.357. The topological polar surface area (TPSA) is 40.5 Å². The van der Waals surface area contributed by atoms with Gasteiger partial charge in [0.25, 0.3) is 5.91 Å². The number of thiophene rings is 1. The molecule has 0 atom stereocenters. The first kappa shape index (κ1) is 13.1. The molecule has 96 valence electrons. The molecule has 0 saturated carbocycles. The average molecular weight is 263 g/mol. The van der Waals surface area contributed by atoms with E-state index in [2.05, 4.69) is 0 Å². The van der Waals surface area contributed by atoms with Crippen molar-refractivity contribution < 1.29 is 9.90 Å². The Hall–Kier alpha value is -1.39. The van der Waals surface area contributed by atoms with Crippen molar-refractivity contribution in [3.05, 3.63) is 34.7 Å². The number of hydrogen-bond acceptors (Lipinski definition) is 3. The molecular formula is C14H17NO2S. The highest BCUT2D eigenvalue weighted by Crippen LogP contribution is 2.31. The van der Waals surface area contributed by atoms with Crippen LogP contribution in [-0.4, -0.2) is 35.6 Å². The fourth-order valence-electron chi connectivity index (χ4n) is 2.05. The first-order chi connectivity index (χ1) is 8.69. The molecule has 1 aromatic carbocycles. The number of likely N-dealkylation sites (N-methyl/N-ethyl adjacent to an activating group) is 1. The molecule has 2 aromatic rings. The second kappa shape index (κ2) is 5.50. The van der Waals surface area contributed by atoms with Gasteiger partial charge in [-0.3, -0.25) is 4.79 Å². The third-order valence-corrected chi connectivity index (χ3v) is 4.34. The summed E-state index contributed by atoms with van der Waals surface area (Å²) >= 11 is 1.53. The lowest BCUT2D eigenvalue weighted by Gasteiger charge is -2.19. The minimum Gasteiger partial charge on any atom is -0.395 e. The van der Waals surface area contributed by atoms with Gasteiger partial charge in [-0.05, 0) is 30.9 Å². The molecule has 0 aliphatic rings. The molecule has 3 nitrogen and oxygen atoms in total. The quantitative estimate of drug-likeness (QED) is 0.921. The van der Waals surface area contributed by atoms with Crippen molar-refractivity contribution >= 4 is 27.3 Å². The summed E-state index contributed by atoms with van der Waals surface area (Å²) in [6, 6.07) is 8.05. The number of amides is 1. The summed E-state index contributed by atoms with van der Waals surface area (Å²) in [4.78, 5) is 14.8. The summed E-state index contributed by atoms with van der Waals surface area (Å²) in [7, 11) is 0. The predicted octanol–water partition coefficient (Wildman–Crippen LogP) is 2.66. The molecule has 0 spiro atoms. The van der Waals surface area contributed by atoms with Gasteiger partial charge in [-0.15, -0.1) is 11.3 Å². The van der Waals surface area contributed by atoms with Crippen LogP contribution in [0.3, 0.4) is 0 Å². The van der Waals surface area contributed by atoms with E-state index in [9.17, 15) is 4.79 Å². The molecule has 0 fully saturated rings. The number of carbonyl (C=O) groups excluding carboxylic acids is 1. The van der Waals surface area contributed by atoms with Gasteiger partial charge in [-0.25, -0.2) is 0 Å². The molecule has 0 bridgehead atoms. The number of fused-ring (bicyclic) bond motifs is 1. The summed E-state index contributed by atoms with van der Waals surface area (Å²) in [6.45, 7) is 4.93. The molecule has 1 aromatic heterocycles. The van der Waals surface area contributed by atoms with Crippen molar-refractivity contribution in [3.63, 3.8) is 0 Å². The molecule has 0 saturated heterocycles. The fourth-order valence-corrected chi connectivity index (χ4v) is 3.22. The van der Waals surface area contributed by atoms with Crippen LogP contribution < -0.4 is 0 Å². The van der Waals surface area contributed by atoms with E-state index in [0.717, 1.165) is 20.5 Å². The number of aliphatic hydroxyl groups excluding tert-OH is 1. The first-order valence-electron chi connectivity index (χ1n) is 6.07. The van der Waals surface area contributed by atoms with Gasteiger partial charge < -0.3 is 10.0 Å². The minimum absolute atomic E-state index is 0.00349. The zero-order chi connectivity index (χ0) is 13.1. The van der Waals surface area contributed by atoms with Gasteiger partial charge in [-0.1, -0.05) is 18.2 Å². The Kier molecular flexibility index (Phi) is 3.99. The molecule has 1 N–H and O–H groups in total. The van der Waals surface area contributed by atoms with Crippen LogP contribution >= 0.6 is 11.3 Å². The molecule has 4 heteroatoms. The maximum atomic E-state index is 12.4. The summed E-state index contributed by atoms with van der Waals surface area (Å²) in [6.07, 6.45) is 0. The molecule has 1 heterocycles. The van der Waals surface area contributed by atoms with Crippen molar-refractivity contribution in [2.45, 2.75) is 13.8 Å². The van der Waals surface area contributed by atoms with Crippen molar-refractivity contribution in [2.75, 3.05) is 19.7 Å². The molecule has 18 heavy (non-hydrogen) atoms. The Morgan fingerprint density at radius 1 is 1.39 bits per heavy atom. The van der Waals surface area contributed by atoms with E-state index in [1.54, 1.807) is 4.90 Å². The first-order valence-corrected chi connectivity index (χ1v) is 6.89. The molecule has 0 radical (unpaired) electrons. The zero-order valence-corrected chi connectivity index (χ0v) is 11.5. The average Bonchev–Trinajstić information content (AvgIpc) is 2.73. The van der Waals surface area contributed by atoms with Crippen LogP contribution in [-0.2, 0) is 0 Å². The Morgan fingerprint density at radius 3 is 2.72 bits per heavy atom. The van der Waals surface area contributed by atoms with E-state index >= 15 is 0 Å². The number of nitrogens with zero attached hydrogens (tertiary/aromatic N) is 1. The van der Waals surface area contributed by atoms with Crippen molar-refractivity contribution in [3.8, 4) is 0 Å². The number of carbonyl (C=O) groups is 1. The maximum Gasteiger partial charge on any atom is 0.264 e. The van der Waals surface area contributed by atoms with Crippen molar-refractivity contribution in [2.24, 2.45) is 0 Å². The number of aryl methyl sites for hydroxylation is 1. The number of benzene rings is 1. The second-order valence-electron chi connectivity index (χ2n) is 4.16. The third-order valence-electron chi connectivity index (χ3n) is 3.08. The highest BCUT2D eigenvalue weighted by molar-refractivity contribution is 7.21. The lowest BCUT2D eigenvalue weighted by Crippen LogP contribution is -2.33. The van der Waals surface area contributed by atoms with E-state index in [1.807, 2.05) is 38.1 Å². The largest absolute Gasteiger partial charge is 0.395 e. The van der Waals surface area contributed by atoms with Crippen LogP contribution in [0.2, 0.25) is 0 Å². The number of hydrogen-bond donors (Lipinski definition) is 1. The van der Waals surface area contributed by atoms with Crippen LogP contribution in [0.4, 0.5) is 0 Å². The van der Waals surface area contributed by atoms with E-state index in [0.29, 0.717) is 13.1 Å². The van der Waals surface area contributed by atoms with E-state index in [-0.39, 0.29) is 12.5 Å². The predicted molar refractivity (Wildman–Crippen MR) is 75.2 cm³/mol. The van der Waals surface area contributed by atoms with Crippen molar-refractivity contribution in [1.29, 1.82) is 0 Å². The van der Waals surface area contributed by atoms with Gasteiger partial charge in [-0.2, -0.15) is 0 Å². The van der Waals surface area contributed by atoms with Gasteiger partial charge in [0.1, 0.15) is 0 Å². The Bertz CT molecular complexity index is 562. The Labute approximate surface area is 111 Å². The van der Waals surface area contributed by atoms with Gasteiger partial charge in [0.15, 0.2) is 0 Å². The normalized spacial score (nSPS) is 10.8. The molecule has 2 rings (SSSR count). The lowest BCUT2D eigenvalue weighted by molar-refractivity contribution is 0.0736. The van der Waals surface area contributed by atoms with Crippen LogP contribution in [0.1, 0.15) is 22.2 Å². The maximum absolute atomic E-state index is 12.4. The smallest absolute Gasteiger partial charge is 0.264 e. The van der Waals surface area contributed by atoms with Gasteiger partial charge in [0.05, 0.1) is 11.5 Å². The van der Waals surface area contributed by atoms with E-state index < -0.39 is 0 Å². The molecule has 0 unspecified atom stereocenters. The number of rotatable bonds is 4. The highest BCUT2D eigenvalue weighted by atomic mass is 32.1. The second-order valence-corrected chi connectivity index (χ2v) is 5.21. The highest BCUT2D eigenvalue weighted by Gasteiger charge is 2.19. The summed E-state index contributed by atoms with van der Waals surface area (Å²) in [5, 5.41) is 10.1. The molecule has 0 aliphatic heterocycles. The molecule has 1 amide bonds. The summed E-state index contributed by atoms with van der Waals surface area (Å²) in [5.74, 6) is 0.0188. The molecular weight excluding hydrogens is 246 g/mol. The van der Waals surface area contributed by atoms with E-state index in [1.165, 1.54) is 11.3 Å². The molecule has 0 aliphatic carbocycles. The van der Waals surface area contributed by atoms with Crippen LogP contribution in [0.25, 0.3) is 10.1 Å². The number of aliphatic hydroxyl groups is 1. The van der Waals surface area contributed by atoms with Gasteiger partial charge >= 0.3 is 0 Å². The summed E-state index contributed by atoms with van der Waals surface area (Å²) in [5.41, 5.74) is 1.04.